The normalized spacial score (nSPS) is 18.6. The number of allylic oxidation sites excluding steroid dienone is 1. The second-order valence-electron chi connectivity index (χ2n) is 7.87. The maximum absolute atomic E-state index is 14.0. The van der Waals surface area contributed by atoms with Gasteiger partial charge < -0.3 is 9.47 Å². The van der Waals surface area contributed by atoms with Crippen LogP contribution < -0.4 is 0 Å². The number of hydrogen-bond acceptors (Lipinski definition) is 5. The first kappa shape index (κ1) is 23.2. The third-order valence-electron chi connectivity index (χ3n) is 5.20. The first-order valence-electron chi connectivity index (χ1n) is 10.3. The Balaban J connectivity index is 1.94. The van der Waals surface area contributed by atoms with Gasteiger partial charge in [0.1, 0.15) is 17.8 Å². The maximum Gasteiger partial charge on any atom is 0.356 e. The molecule has 3 atom stereocenters. The van der Waals surface area contributed by atoms with Gasteiger partial charge in [0, 0.05) is 6.92 Å². The van der Waals surface area contributed by atoms with Crippen LogP contribution in [0, 0.1) is 5.92 Å². The minimum Gasteiger partial charge on any atom is -0.448 e. The average molecular weight is 439 g/mol. The van der Waals surface area contributed by atoms with Crippen LogP contribution in [0.15, 0.2) is 71.9 Å². The van der Waals surface area contributed by atoms with Gasteiger partial charge in [-0.15, -0.1) is 0 Å². The van der Waals surface area contributed by atoms with Crippen molar-refractivity contribution in [1.82, 2.24) is 4.90 Å². The molecule has 2 aromatic rings. The van der Waals surface area contributed by atoms with E-state index < -0.39 is 42.3 Å². The SMILES string of the molecule is CC(=O)OC1[C@@H]([C@@H](C)F)C(=O)N1C(C(=O)OC(c1ccccc1)c1ccccc1)=C(C)C. The monoisotopic (exact) mass is 439 g/mol. The molecule has 1 amide bonds. The summed E-state index contributed by atoms with van der Waals surface area (Å²) in [5.74, 6) is -3.24. The van der Waals surface area contributed by atoms with Gasteiger partial charge in [0.25, 0.3) is 0 Å². The molecule has 1 fully saturated rings. The lowest BCUT2D eigenvalue weighted by Crippen LogP contribution is -2.65. The number of likely N-dealkylation sites (tertiary alicyclic amines) is 1. The highest BCUT2D eigenvalue weighted by molar-refractivity contribution is 5.99. The highest BCUT2D eigenvalue weighted by Crippen LogP contribution is 2.38. The Morgan fingerprint density at radius 2 is 1.44 bits per heavy atom. The number of ether oxygens (including phenoxy) is 2. The number of carbonyl (C=O) groups excluding carboxylic acids is 3. The molecular weight excluding hydrogens is 413 g/mol. The fraction of sp³-hybridized carbons (Fsp3) is 0.320. The van der Waals surface area contributed by atoms with E-state index in [4.69, 9.17) is 9.47 Å². The van der Waals surface area contributed by atoms with E-state index in [-0.39, 0.29) is 5.70 Å². The summed E-state index contributed by atoms with van der Waals surface area (Å²) in [5, 5.41) is 0. The van der Waals surface area contributed by atoms with E-state index >= 15 is 0 Å². The molecule has 2 aromatic carbocycles. The number of β-lactam (4-membered cyclic amide) rings is 1. The van der Waals surface area contributed by atoms with Gasteiger partial charge in [-0.2, -0.15) is 0 Å². The molecule has 1 aliphatic rings. The molecule has 1 saturated heterocycles. The smallest absolute Gasteiger partial charge is 0.356 e. The largest absolute Gasteiger partial charge is 0.448 e. The van der Waals surface area contributed by atoms with Crippen LogP contribution in [-0.4, -0.2) is 35.1 Å². The van der Waals surface area contributed by atoms with Gasteiger partial charge in [-0.05, 0) is 37.5 Å². The molecule has 0 saturated carbocycles. The lowest BCUT2D eigenvalue weighted by molar-refractivity contribution is -0.200. The van der Waals surface area contributed by atoms with Crippen molar-refractivity contribution >= 4 is 17.8 Å². The fourth-order valence-corrected chi connectivity index (χ4v) is 3.73. The quantitative estimate of drug-likeness (QED) is 0.365. The van der Waals surface area contributed by atoms with Crippen LogP contribution in [0.2, 0.25) is 0 Å². The maximum atomic E-state index is 14.0. The van der Waals surface area contributed by atoms with Crippen molar-refractivity contribution in [2.24, 2.45) is 5.92 Å². The predicted octanol–water partition coefficient (Wildman–Crippen LogP) is 4.32. The number of nitrogens with zero attached hydrogens (tertiary/aromatic N) is 1. The van der Waals surface area contributed by atoms with Crippen LogP contribution in [0.5, 0.6) is 0 Å². The molecule has 0 radical (unpaired) electrons. The Bertz CT molecular complexity index is 976. The van der Waals surface area contributed by atoms with E-state index in [1.807, 2.05) is 60.7 Å². The van der Waals surface area contributed by atoms with Gasteiger partial charge >= 0.3 is 11.9 Å². The van der Waals surface area contributed by atoms with Gasteiger partial charge in [0.2, 0.25) is 5.91 Å². The molecule has 6 nitrogen and oxygen atoms in total. The molecule has 3 rings (SSSR count). The van der Waals surface area contributed by atoms with Crippen molar-refractivity contribution in [3.8, 4) is 0 Å². The van der Waals surface area contributed by atoms with Crippen LogP contribution in [0.1, 0.15) is 44.9 Å². The molecule has 1 unspecified atom stereocenters. The molecule has 0 N–H and O–H groups in total. The van der Waals surface area contributed by atoms with Gasteiger partial charge in [-0.1, -0.05) is 60.7 Å². The molecule has 0 aromatic heterocycles. The first-order valence-corrected chi connectivity index (χ1v) is 10.3. The number of amides is 1. The number of alkyl halides is 1. The molecule has 0 bridgehead atoms. The molecular formula is C25H26FNO5. The minimum atomic E-state index is -1.54. The number of esters is 2. The van der Waals surface area contributed by atoms with Crippen LogP contribution >= 0.6 is 0 Å². The summed E-state index contributed by atoms with van der Waals surface area (Å²) < 4.78 is 25.1. The van der Waals surface area contributed by atoms with Gasteiger partial charge in [0.15, 0.2) is 12.3 Å². The first-order chi connectivity index (χ1) is 15.2. The number of benzene rings is 2. The van der Waals surface area contributed by atoms with E-state index in [2.05, 4.69) is 0 Å². The number of carbonyl (C=O) groups is 3. The second kappa shape index (κ2) is 9.77. The van der Waals surface area contributed by atoms with Gasteiger partial charge in [0.05, 0.1) is 0 Å². The highest BCUT2D eigenvalue weighted by atomic mass is 19.1. The van der Waals surface area contributed by atoms with Crippen molar-refractivity contribution < 1.29 is 28.2 Å². The van der Waals surface area contributed by atoms with Crippen molar-refractivity contribution in [3.05, 3.63) is 83.1 Å². The van der Waals surface area contributed by atoms with E-state index in [1.165, 1.54) is 13.8 Å². The van der Waals surface area contributed by atoms with Crippen LogP contribution in [-0.2, 0) is 23.9 Å². The second-order valence-corrected chi connectivity index (χ2v) is 7.87. The summed E-state index contributed by atoms with van der Waals surface area (Å²) in [6.45, 7) is 5.67. The van der Waals surface area contributed by atoms with Crippen molar-refractivity contribution in [3.63, 3.8) is 0 Å². The number of hydrogen-bond donors (Lipinski definition) is 0. The van der Waals surface area contributed by atoms with Gasteiger partial charge in [-0.3, -0.25) is 14.5 Å². The molecule has 1 aliphatic heterocycles. The summed E-state index contributed by atoms with van der Waals surface area (Å²) in [5.41, 5.74) is 1.92. The molecule has 168 valence electrons. The fourth-order valence-electron chi connectivity index (χ4n) is 3.73. The van der Waals surface area contributed by atoms with Gasteiger partial charge in [-0.25, -0.2) is 9.18 Å². The average Bonchev–Trinajstić information content (AvgIpc) is 2.75. The Hall–Kier alpha value is -3.48. The zero-order valence-corrected chi connectivity index (χ0v) is 18.4. The Labute approximate surface area is 186 Å². The third-order valence-corrected chi connectivity index (χ3v) is 5.20. The standard InChI is InChI=1S/C25H26FNO5/c1-15(2)21(27-23(29)20(16(3)26)24(27)31-17(4)28)25(30)32-22(18-11-7-5-8-12-18)19-13-9-6-10-14-19/h5-14,16,20,22,24H,1-4H3/t16-,20+,24?/m1/s1. The van der Waals surface area contributed by atoms with Crippen molar-refractivity contribution in [2.75, 3.05) is 0 Å². The Morgan fingerprint density at radius 3 is 1.84 bits per heavy atom. The molecule has 0 spiro atoms. The highest BCUT2D eigenvalue weighted by Gasteiger charge is 2.56. The van der Waals surface area contributed by atoms with E-state index in [0.717, 1.165) is 16.0 Å². The molecule has 7 heteroatoms. The molecule has 1 heterocycles. The van der Waals surface area contributed by atoms with Crippen molar-refractivity contribution in [1.29, 1.82) is 0 Å². The summed E-state index contributed by atoms with van der Waals surface area (Å²) in [4.78, 5) is 38.6. The number of rotatable bonds is 7. The van der Waals surface area contributed by atoms with Crippen LogP contribution in [0.3, 0.4) is 0 Å². The number of halogens is 1. The topological polar surface area (TPSA) is 72.9 Å². The minimum absolute atomic E-state index is 0.0602. The van der Waals surface area contributed by atoms with E-state index in [1.54, 1.807) is 13.8 Å². The zero-order chi connectivity index (χ0) is 23.4. The molecule has 0 aliphatic carbocycles. The summed E-state index contributed by atoms with van der Waals surface area (Å²) in [6, 6.07) is 18.4. The zero-order valence-electron chi connectivity index (χ0n) is 18.4. The Kier molecular flexibility index (Phi) is 7.08. The Morgan fingerprint density at radius 1 is 0.938 bits per heavy atom. The summed E-state index contributed by atoms with van der Waals surface area (Å²) >= 11 is 0. The molecule has 32 heavy (non-hydrogen) atoms. The lowest BCUT2D eigenvalue weighted by Gasteiger charge is -2.46. The van der Waals surface area contributed by atoms with Crippen molar-refractivity contribution in [2.45, 2.75) is 46.2 Å². The lowest BCUT2D eigenvalue weighted by atomic mass is 9.90. The predicted molar refractivity (Wildman–Crippen MR) is 116 cm³/mol. The van der Waals surface area contributed by atoms with Crippen LogP contribution in [0.25, 0.3) is 0 Å². The summed E-state index contributed by atoms with van der Waals surface area (Å²) in [7, 11) is 0. The van der Waals surface area contributed by atoms with Crippen LogP contribution in [0.4, 0.5) is 4.39 Å². The third kappa shape index (κ3) is 4.72. The summed E-state index contributed by atoms with van der Waals surface area (Å²) in [6.07, 6.45) is -3.47. The van der Waals surface area contributed by atoms with E-state index in [9.17, 15) is 18.8 Å². The van der Waals surface area contributed by atoms with E-state index in [0.29, 0.717) is 5.57 Å².